The van der Waals surface area contributed by atoms with Crippen molar-refractivity contribution in [3.8, 4) is 6.07 Å². The predicted octanol–water partition coefficient (Wildman–Crippen LogP) is 3.21. The van der Waals surface area contributed by atoms with Gasteiger partial charge in [0.1, 0.15) is 0 Å². The smallest absolute Gasteiger partial charge is 0.335 e. The molecule has 186 valence electrons. The number of amides is 2. The molecule has 8 nitrogen and oxygen atoms in total. The number of nitrogens with one attached hydrogen (secondary N) is 2. The molecule has 2 aromatic carbocycles. The van der Waals surface area contributed by atoms with E-state index in [1.807, 2.05) is 0 Å². The Kier molecular flexibility index (Phi) is 7.22. The van der Waals surface area contributed by atoms with Gasteiger partial charge in [0, 0.05) is 17.1 Å². The van der Waals surface area contributed by atoms with Gasteiger partial charge in [0.25, 0.3) is 5.91 Å². The van der Waals surface area contributed by atoms with E-state index in [-0.39, 0.29) is 12.2 Å². The molecular weight excluding hydrogens is 484 g/mol. The number of hydrogen-bond donors (Lipinski definition) is 3. The van der Waals surface area contributed by atoms with E-state index in [1.165, 1.54) is 30.3 Å². The Balaban J connectivity index is 1.81. The molecule has 1 aliphatic heterocycles. The molecular formula is C21H17F6N5O3. The fourth-order valence-corrected chi connectivity index (χ4v) is 3.30. The molecule has 2 amide bonds. The van der Waals surface area contributed by atoms with Crippen LogP contribution in [0.25, 0.3) is 0 Å². The molecule has 1 aliphatic rings. The highest BCUT2D eigenvalue weighted by molar-refractivity contribution is 5.96. The fourth-order valence-electron chi connectivity index (χ4n) is 3.30. The van der Waals surface area contributed by atoms with Crippen LogP contribution in [0.4, 0.5) is 43.4 Å². The van der Waals surface area contributed by atoms with E-state index in [0.29, 0.717) is 16.7 Å². The minimum atomic E-state index is -5.04. The van der Waals surface area contributed by atoms with Crippen LogP contribution in [0.2, 0.25) is 0 Å². The molecule has 3 rings (SSSR count). The van der Waals surface area contributed by atoms with Crippen LogP contribution in [0.5, 0.6) is 0 Å². The maximum atomic E-state index is 13.6. The Labute approximate surface area is 194 Å². The molecule has 14 heteroatoms. The maximum Gasteiger partial charge on any atom is 0.433 e. The number of rotatable bonds is 5. The van der Waals surface area contributed by atoms with Crippen molar-refractivity contribution in [2.45, 2.75) is 24.7 Å². The molecule has 0 aromatic heterocycles. The number of carbonyl (C=O) groups is 2. The Hall–Kier alpha value is -3.83. The zero-order valence-corrected chi connectivity index (χ0v) is 17.6. The molecule has 1 fully saturated rings. The first-order valence-corrected chi connectivity index (χ1v) is 9.84. The van der Waals surface area contributed by atoms with Crippen molar-refractivity contribution in [1.29, 1.82) is 5.26 Å². The lowest BCUT2D eigenvalue weighted by Crippen LogP contribution is -2.42. The van der Waals surface area contributed by atoms with Gasteiger partial charge < -0.3 is 26.0 Å². The number of nitriles is 1. The van der Waals surface area contributed by atoms with Crippen molar-refractivity contribution in [1.82, 2.24) is 0 Å². The maximum absolute atomic E-state index is 13.6. The standard InChI is InChI=1S/C21H17F6N5O3/c22-20(23,24)15-7-14(6-1-11(15)8-28)32-10-16(35-19(32)21(25,26)27)18(34)31-13-4-2-12(3-5-13)30-17(33)9-29/h1-7,16,19H,9-10,29H2,(H,30,33)(H,31,34)/t16-,19+/m0/s1. The van der Waals surface area contributed by atoms with E-state index in [2.05, 4.69) is 10.6 Å². The fraction of sp³-hybridized carbons (Fsp3) is 0.286. The summed E-state index contributed by atoms with van der Waals surface area (Å²) >= 11 is 0. The summed E-state index contributed by atoms with van der Waals surface area (Å²) in [7, 11) is 0. The number of ether oxygens (including phenoxy) is 1. The van der Waals surface area contributed by atoms with Gasteiger partial charge in [-0.2, -0.15) is 31.6 Å². The first kappa shape index (κ1) is 25.8. The summed E-state index contributed by atoms with van der Waals surface area (Å²) in [6.45, 7) is -0.956. The molecule has 1 heterocycles. The molecule has 0 radical (unpaired) electrons. The second-order valence-corrected chi connectivity index (χ2v) is 7.33. The van der Waals surface area contributed by atoms with Gasteiger partial charge in [-0.3, -0.25) is 9.59 Å². The number of nitrogens with zero attached hydrogens (tertiary/aromatic N) is 2. The highest BCUT2D eigenvalue weighted by Gasteiger charge is 2.52. The molecule has 1 saturated heterocycles. The first-order chi connectivity index (χ1) is 16.3. The highest BCUT2D eigenvalue weighted by atomic mass is 19.4. The molecule has 2 atom stereocenters. The van der Waals surface area contributed by atoms with Crippen molar-refractivity contribution < 1.29 is 40.7 Å². The molecule has 0 spiro atoms. The molecule has 0 bridgehead atoms. The van der Waals surface area contributed by atoms with Crippen LogP contribution in [0.1, 0.15) is 11.1 Å². The summed E-state index contributed by atoms with van der Waals surface area (Å²) in [6.07, 6.45) is -14.4. The average Bonchev–Trinajstić information content (AvgIpc) is 3.25. The summed E-state index contributed by atoms with van der Waals surface area (Å²) in [5.74, 6) is -1.43. The number of hydrogen-bond acceptors (Lipinski definition) is 6. The number of alkyl halides is 6. The Morgan fingerprint density at radius 3 is 2.17 bits per heavy atom. The van der Waals surface area contributed by atoms with Gasteiger partial charge in [-0.15, -0.1) is 0 Å². The van der Waals surface area contributed by atoms with Crippen molar-refractivity contribution in [2.75, 3.05) is 28.6 Å². The third-order valence-electron chi connectivity index (χ3n) is 4.89. The largest absolute Gasteiger partial charge is 0.433 e. The van der Waals surface area contributed by atoms with Crippen molar-refractivity contribution in [3.05, 3.63) is 53.6 Å². The van der Waals surface area contributed by atoms with Crippen LogP contribution < -0.4 is 21.3 Å². The molecule has 4 N–H and O–H groups in total. The molecule has 0 aliphatic carbocycles. The van der Waals surface area contributed by atoms with E-state index in [0.717, 1.165) is 12.1 Å². The molecule has 0 unspecified atom stereocenters. The Bertz CT molecular complexity index is 1140. The molecule has 2 aromatic rings. The monoisotopic (exact) mass is 501 g/mol. The number of anilines is 3. The predicted molar refractivity (Wildman–Crippen MR) is 111 cm³/mol. The lowest BCUT2D eigenvalue weighted by molar-refractivity contribution is -0.212. The van der Waals surface area contributed by atoms with Crippen molar-refractivity contribution in [2.24, 2.45) is 5.73 Å². The number of halogens is 6. The number of benzene rings is 2. The highest BCUT2D eigenvalue weighted by Crippen LogP contribution is 2.39. The quantitative estimate of drug-likeness (QED) is 0.542. The van der Waals surface area contributed by atoms with Gasteiger partial charge in [0.15, 0.2) is 6.10 Å². The van der Waals surface area contributed by atoms with E-state index in [1.54, 1.807) is 0 Å². The van der Waals surface area contributed by atoms with E-state index in [9.17, 15) is 35.9 Å². The molecule has 35 heavy (non-hydrogen) atoms. The Morgan fingerprint density at radius 1 is 1.06 bits per heavy atom. The summed E-state index contributed by atoms with van der Waals surface area (Å²) < 4.78 is 85.5. The van der Waals surface area contributed by atoms with Gasteiger partial charge in [-0.05, 0) is 42.5 Å². The van der Waals surface area contributed by atoms with Crippen LogP contribution in [0.3, 0.4) is 0 Å². The van der Waals surface area contributed by atoms with Gasteiger partial charge in [0.05, 0.1) is 30.3 Å². The van der Waals surface area contributed by atoms with Crippen LogP contribution in [-0.4, -0.2) is 43.4 Å². The van der Waals surface area contributed by atoms with Crippen LogP contribution in [0, 0.1) is 11.3 Å². The lowest BCUT2D eigenvalue weighted by atomic mass is 10.1. The van der Waals surface area contributed by atoms with Gasteiger partial charge in [-0.25, -0.2) is 0 Å². The van der Waals surface area contributed by atoms with Gasteiger partial charge in [0.2, 0.25) is 12.1 Å². The second kappa shape index (κ2) is 9.80. The summed E-state index contributed by atoms with van der Waals surface area (Å²) in [5, 5.41) is 13.7. The lowest BCUT2D eigenvalue weighted by Gasteiger charge is -2.27. The van der Waals surface area contributed by atoms with Crippen molar-refractivity contribution in [3.63, 3.8) is 0 Å². The topological polar surface area (TPSA) is 120 Å². The average molecular weight is 501 g/mol. The van der Waals surface area contributed by atoms with Gasteiger partial charge in [-0.1, -0.05) is 0 Å². The van der Waals surface area contributed by atoms with E-state index >= 15 is 0 Å². The minimum absolute atomic E-state index is 0.170. The third kappa shape index (κ3) is 6.00. The van der Waals surface area contributed by atoms with Crippen molar-refractivity contribution >= 4 is 28.9 Å². The third-order valence-corrected chi connectivity index (χ3v) is 4.89. The summed E-state index contributed by atoms with van der Waals surface area (Å²) in [4.78, 5) is 24.3. The number of carbonyl (C=O) groups excluding carboxylic acids is 2. The van der Waals surface area contributed by atoms with Gasteiger partial charge >= 0.3 is 12.4 Å². The van der Waals surface area contributed by atoms with Crippen LogP contribution in [-0.2, 0) is 20.5 Å². The van der Waals surface area contributed by atoms with Crippen LogP contribution >= 0.6 is 0 Å². The zero-order valence-electron chi connectivity index (χ0n) is 17.6. The molecule has 0 saturated carbocycles. The zero-order chi connectivity index (χ0) is 26.0. The van der Waals surface area contributed by atoms with E-state index < -0.39 is 59.9 Å². The summed E-state index contributed by atoms with van der Waals surface area (Å²) in [5.41, 5.74) is 3.03. The number of nitrogens with two attached hydrogens (primary N) is 1. The Morgan fingerprint density at radius 2 is 1.66 bits per heavy atom. The SMILES string of the molecule is N#Cc1ccc(N2C[C@@H](C(=O)Nc3ccc(NC(=O)CN)cc3)O[C@@H]2C(F)(F)F)cc1C(F)(F)F. The normalized spacial score (nSPS) is 18.2. The van der Waals surface area contributed by atoms with Crippen LogP contribution in [0.15, 0.2) is 42.5 Å². The first-order valence-electron chi connectivity index (χ1n) is 9.84. The van der Waals surface area contributed by atoms with E-state index in [4.69, 9.17) is 15.7 Å². The summed E-state index contributed by atoms with van der Waals surface area (Å²) in [6, 6.07) is 9.00. The second-order valence-electron chi connectivity index (χ2n) is 7.33. The minimum Gasteiger partial charge on any atom is -0.335 e.